The Balaban J connectivity index is 1.88. The van der Waals surface area contributed by atoms with E-state index < -0.39 is 9.84 Å². The maximum absolute atomic E-state index is 12.7. The number of benzene rings is 2. The lowest BCUT2D eigenvalue weighted by atomic mass is 10.2. The number of nitriles is 1. The molecule has 1 aromatic heterocycles. The topological polar surface area (TPSA) is 75.8 Å². The molecule has 6 heteroatoms. The third-order valence-electron chi connectivity index (χ3n) is 3.87. The highest BCUT2D eigenvalue weighted by atomic mass is 32.2. The van der Waals surface area contributed by atoms with Crippen molar-refractivity contribution in [2.75, 3.05) is 0 Å². The molecular weight excluding hydrogens is 346 g/mol. The van der Waals surface area contributed by atoms with Crippen LogP contribution in [0.5, 0.6) is 0 Å². The highest BCUT2D eigenvalue weighted by Gasteiger charge is 2.20. The van der Waals surface area contributed by atoms with Crippen LogP contribution in [0.3, 0.4) is 0 Å². The first-order valence-corrected chi connectivity index (χ1v) is 9.47. The van der Waals surface area contributed by atoms with Crippen LogP contribution < -0.4 is 0 Å². The Hall–Kier alpha value is -3.17. The molecule has 0 aliphatic carbocycles. The molecule has 3 aromatic rings. The van der Waals surface area contributed by atoms with Gasteiger partial charge in [0.2, 0.25) is 9.84 Å². The van der Waals surface area contributed by atoms with Crippen molar-refractivity contribution < 1.29 is 8.42 Å². The highest BCUT2D eigenvalue weighted by Crippen LogP contribution is 2.21. The molecule has 0 bridgehead atoms. The molecule has 0 saturated carbocycles. The molecule has 2 aromatic carbocycles. The Bertz CT molecular complexity index is 1070. The maximum atomic E-state index is 12.7. The van der Waals surface area contributed by atoms with Gasteiger partial charge in [-0.3, -0.25) is 4.68 Å². The third kappa shape index (κ3) is 3.90. The summed E-state index contributed by atoms with van der Waals surface area (Å²) in [6.07, 6.45) is 4.61. The van der Waals surface area contributed by atoms with Crippen molar-refractivity contribution >= 4 is 15.9 Å². The van der Waals surface area contributed by atoms with Gasteiger partial charge in [-0.05, 0) is 30.7 Å². The lowest BCUT2D eigenvalue weighted by Gasteiger charge is -2.03. The molecule has 0 spiro atoms. The largest absolute Gasteiger partial charge is 0.268 e. The standard InChI is InChI=1S/C20H17N3O2S/c1-16-7-9-19(10-8-16)26(24,25)20(12-21)11-18-13-22-23(15-18)14-17-5-3-2-4-6-17/h2-11,13,15H,14H2,1H3/b20-11+. The maximum Gasteiger partial charge on any atom is 0.216 e. The van der Waals surface area contributed by atoms with Gasteiger partial charge < -0.3 is 0 Å². The molecule has 3 rings (SSSR count). The van der Waals surface area contributed by atoms with Gasteiger partial charge in [-0.1, -0.05) is 48.0 Å². The summed E-state index contributed by atoms with van der Waals surface area (Å²) in [5.41, 5.74) is 2.60. The molecule has 0 fully saturated rings. The lowest BCUT2D eigenvalue weighted by Crippen LogP contribution is -2.03. The van der Waals surface area contributed by atoms with Crippen LogP contribution in [0.2, 0.25) is 0 Å². The number of allylic oxidation sites excluding steroid dienone is 1. The fraction of sp³-hybridized carbons (Fsp3) is 0.100. The minimum Gasteiger partial charge on any atom is -0.268 e. The predicted octanol–water partition coefficient (Wildman–Crippen LogP) is 3.58. The predicted molar refractivity (Wildman–Crippen MR) is 99.7 cm³/mol. The molecule has 26 heavy (non-hydrogen) atoms. The molecular formula is C20H17N3O2S. The van der Waals surface area contributed by atoms with E-state index in [0.29, 0.717) is 12.1 Å². The zero-order valence-electron chi connectivity index (χ0n) is 14.2. The number of nitrogens with zero attached hydrogens (tertiary/aromatic N) is 3. The number of aryl methyl sites for hydroxylation is 1. The van der Waals surface area contributed by atoms with Gasteiger partial charge in [-0.2, -0.15) is 10.4 Å². The van der Waals surface area contributed by atoms with Crippen molar-refractivity contribution in [2.24, 2.45) is 0 Å². The minimum absolute atomic E-state index is 0.104. The third-order valence-corrected chi connectivity index (χ3v) is 5.55. The minimum atomic E-state index is -3.85. The van der Waals surface area contributed by atoms with Crippen LogP contribution in [0.4, 0.5) is 0 Å². The Morgan fingerprint density at radius 2 is 1.85 bits per heavy atom. The van der Waals surface area contributed by atoms with Gasteiger partial charge in [0.25, 0.3) is 0 Å². The van der Waals surface area contributed by atoms with E-state index in [2.05, 4.69) is 5.10 Å². The second-order valence-corrected chi connectivity index (χ2v) is 7.81. The van der Waals surface area contributed by atoms with Crippen molar-refractivity contribution in [2.45, 2.75) is 18.4 Å². The quantitative estimate of drug-likeness (QED) is 0.649. The fourth-order valence-corrected chi connectivity index (χ4v) is 3.64. The Kier molecular flexibility index (Phi) is 5.01. The van der Waals surface area contributed by atoms with Crippen LogP contribution >= 0.6 is 0 Å². The van der Waals surface area contributed by atoms with E-state index in [4.69, 9.17) is 0 Å². The molecule has 130 valence electrons. The van der Waals surface area contributed by atoms with E-state index in [1.165, 1.54) is 18.2 Å². The van der Waals surface area contributed by atoms with E-state index in [9.17, 15) is 13.7 Å². The second kappa shape index (κ2) is 7.38. The lowest BCUT2D eigenvalue weighted by molar-refractivity contribution is 0.603. The van der Waals surface area contributed by atoms with Gasteiger partial charge in [0.1, 0.15) is 11.0 Å². The molecule has 0 aliphatic heterocycles. The van der Waals surface area contributed by atoms with E-state index >= 15 is 0 Å². The summed E-state index contributed by atoms with van der Waals surface area (Å²) >= 11 is 0. The van der Waals surface area contributed by atoms with Crippen molar-refractivity contribution in [1.82, 2.24) is 9.78 Å². The van der Waals surface area contributed by atoms with Gasteiger partial charge in [-0.15, -0.1) is 0 Å². The summed E-state index contributed by atoms with van der Waals surface area (Å²) in [4.78, 5) is -0.201. The molecule has 0 aliphatic rings. The molecule has 0 radical (unpaired) electrons. The monoisotopic (exact) mass is 363 g/mol. The average Bonchev–Trinajstić information content (AvgIpc) is 3.08. The zero-order chi connectivity index (χ0) is 18.6. The smallest absolute Gasteiger partial charge is 0.216 e. The first kappa shape index (κ1) is 17.6. The molecule has 0 amide bonds. The van der Waals surface area contributed by atoms with Crippen LogP contribution in [-0.2, 0) is 16.4 Å². The Morgan fingerprint density at radius 1 is 1.15 bits per heavy atom. The molecule has 5 nitrogen and oxygen atoms in total. The van der Waals surface area contributed by atoms with Gasteiger partial charge in [0.15, 0.2) is 0 Å². The number of hydrogen-bond donors (Lipinski definition) is 0. The number of sulfone groups is 1. The highest BCUT2D eigenvalue weighted by molar-refractivity contribution is 7.95. The van der Waals surface area contributed by atoms with Crippen molar-refractivity contribution in [3.05, 3.63) is 88.6 Å². The van der Waals surface area contributed by atoms with Gasteiger partial charge in [0.05, 0.1) is 17.6 Å². The first-order valence-electron chi connectivity index (χ1n) is 7.99. The van der Waals surface area contributed by atoms with Crippen LogP contribution in [-0.4, -0.2) is 18.2 Å². The van der Waals surface area contributed by atoms with E-state index in [0.717, 1.165) is 11.1 Å². The number of aromatic nitrogens is 2. The van der Waals surface area contributed by atoms with Crippen LogP contribution in [0.25, 0.3) is 6.08 Å². The fourth-order valence-electron chi connectivity index (χ4n) is 2.48. The summed E-state index contributed by atoms with van der Waals surface area (Å²) in [7, 11) is -3.85. The number of rotatable bonds is 5. The summed E-state index contributed by atoms with van der Waals surface area (Å²) in [5, 5.41) is 13.6. The van der Waals surface area contributed by atoms with Gasteiger partial charge in [0, 0.05) is 11.8 Å². The van der Waals surface area contributed by atoms with Crippen molar-refractivity contribution in [1.29, 1.82) is 5.26 Å². The van der Waals surface area contributed by atoms with Crippen molar-refractivity contribution in [3.8, 4) is 6.07 Å². The summed E-state index contributed by atoms with van der Waals surface area (Å²) in [6, 6.07) is 18.0. The Labute approximate surface area is 152 Å². The normalized spacial score (nSPS) is 11.9. The van der Waals surface area contributed by atoms with E-state index in [1.54, 1.807) is 35.3 Å². The SMILES string of the molecule is Cc1ccc(S(=O)(=O)/C(C#N)=C/c2cnn(Cc3ccccc3)c2)cc1. The molecule has 0 N–H and O–H groups in total. The molecule has 1 heterocycles. The van der Waals surface area contributed by atoms with Crippen molar-refractivity contribution in [3.63, 3.8) is 0 Å². The van der Waals surface area contributed by atoms with Gasteiger partial charge >= 0.3 is 0 Å². The Morgan fingerprint density at radius 3 is 2.50 bits per heavy atom. The van der Waals surface area contributed by atoms with Gasteiger partial charge in [-0.25, -0.2) is 8.42 Å². The summed E-state index contributed by atoms with van der Waals surface area (Å²) in [5.74, 6) is 0. The average molecular weight is 363 g/mol. The van der Waals surface area contributed by atoms with Crippen LogP contribution in [0, 0.1) is 18.3 Å². The molecule has 0 unspecified atom stereocenters. The summed E-state index contributed by atoms with van der Waals surface area (Å²) < 4.78 is 27.0. The molecule has 0 atom stereocenters. The van der Waals surface area contributed by atoms with Crippen LogP contribution in [0.15, 0.2) is 76.8 Å². The van der Waals surface area contributed by atoms with Crippen LogP contribution in [0.1, 0.15) is 16.7 Å². The summed E-state index contributed by atoms with van der Waals surface area (Å²) in [6.45, 7) is 2.44. The zero-order valence-corrected chi connectivity index (χ0v) is 15.0. The van der Waals surface area contributed by atoms with E-state index in [-0.39, 0.29) is 9.80 Å². The molecule has 0 saturated heterocycles. The first-order chi connectivity index (χ1) is 12.5. The number of hydrogen-bond acceptors (Lipinski definition) is 4. The van der Waals surface area contributed by atoms with E-state index in [1.807, 2.05) is 37.3 Å². The second-order valence-electron chi connectivity index (χ2n) is 5.89.